The molecule has 18 heavy (non-hydrogen) atoms. The second-order valence-corrected chi connectivity index (χ2v) is 5.68. The van der Waals surface area contributed by atoms with Gasteiger partial charge in [-0.25, -0.2) is 0 Å². The molecule has 3 rings (SSSR count). The van der Waals surface area contributed by atoms with Crippen molar-refractivity contribution >= 4 is 0 Å². The number of fused-ring (bicyclic) bond motifs is 2. The number of hydrogen-bond acceptors (Lipinski definition) is 3. The van der Waals surface area contributed by atoms with E-state index < -0.39 is 6.29 Å². The van der Waals surface area contributed by atoms with Gasteiger partial charge >= 0.3 is 0 Å². The molecule has 1 N–H and O–H groups in total. The highest BCUT2D eigenvalue weighted by Gasteiger charge is 2.46. The molecule has 1 spiro atoms. The predicted octanol–water partition coefficient (Wildman–Crippen LogP) is 2.41. The van der Waals surface area contributed by atoms with E-state index in [-0.39, 0.29) is 5.60 Å². The summed E-state index contributed by atoms with van der Waals surface area (Å²) in [5.74, 6) is 0. The maximum atomic E-state index is 10.0. The molecule has 0 aliphatic carbocycles. The van der Waals surface area contributed by atoms with E-state index in [0.29, 0.717) is 6.04 Å². The number of rotatable bonds is 1. The molecular formula is C15H21NO2. The molecule has 1 fully saturated rings. The normalized spacial score (nSPS) is 26.8. The first kappa shape index (κ1) is 12.2. The number of benzene rings is 1. The minimum Gasteiger partial charge on any atom is -0.364 e. The number of aliphatic hydroxyl groups is 1. The molecule has 0 saturated carbocycles. The Hall–Kier alpha value is -0.900. The molecule has 0 bridgehead atoms. The van der Waals surface area contributed by atoms with Crippen LogP contribution in [0.25, 0.3) is 0 Å². The smallest absolute Gasteiger partial charge is 0.182 e. The topological polar surface area (TPSA) is 32.7 Å². The van der Waals surface area contributed by atoms with Crippen LogP contribution in [0.2, 0.25) is 0 Å². The van der Waals surface area contributed by atoms with Gasteiger partial charge in [0.05, 0.1) is 5.60 Å². The van der Waals surface area contributed by atoms with Gasteiger partial charge in [0, 0.05) is 24.7 Å². The van der Waals surface area contributed by atoms with Gasteiger partial charge < -0.3 is 14.7 Å². The van der Waals surface area contributed by atoms with E-state index in [1.165, 1.54) is 5.56 Å². The lowest BCUT2D eigenvalue weighted by atomic mass is 9.83. The minimum absolute atomic E-state index is 0.249. The average molecular weight is 247 g/mol. The highest BCUT2D eigenvalue weighted by molar-refractivity contribution is 5.37. The summed E-state index contributed by atoms with van der Waals surface area (Å²) < 4.78 is 5.92. The summed E-state index contributed by atoms with van der Waals surface area (Å²) in [6.45, 7) is 6.55. The van der Waals surface area contributed by atoms with E-state index in [1.54, 1.807) is 0 Å². The molecule has 3 heteroatoms. The Morgan fingerprint density at radius 2 is 1.94 bits per heavy atom. The van der Waals surface area contributed by atoms with Gasteiger partial charge in [-0.15, -0.1) is 0 Å². The third kappa shape index (κ3) is 1.78. The fraction of sp³-hybridized carbons (Fsp3) is 0.600. The Bertz CT molecular complexity index is 436. The molecule has 0 aromatic heterocycles. The Balaban J connectivity index is 1.87. The molecule has 2 heterocycles. The van der Waals surface area contributed by atoms with E-state index in [4.69, 9.17) is 4.74 Å². The molecule has 1 unspecified atom stereocenters. The number of aliphatic hydroxyl groups excluding tert-OH is 1. The molecular weight excluding hydrogens is 226 g/mol. The summed E-state index contributed by atoms with van der Waals surface area (Å²) in [5, 5.41) is 10.0. The Morgan fingerprint density at radius 3 is 2.61 bits per heavy atom. The van der Waals surface area contributed by atoms with Crippen LogP contribution in [0, 0.1) is 0 Å². The van der Waals surface area contributed by atoms with Crippen LogP contribution in [-0.2, 0) is 10.3 Å². The lowest BCUT2D eigenvalue weighted by Gasteiger charge is -2.41. The molecule has 2 aliphatic rings. The van der Waals surface area contributed by atoms with Gasteiger partial charge in [-0.3, -0.25) is 0 Å². The summed E-state index contributed by atoms with van der Waals surface area (Å²) in [6, 6.07) is 8.67. The lowest BCUT2D eigenvalue weighted by Crippen LogP contribution is -2.45. The second-order valence-electron chi connectivity index (χ2n) is 5.68. The van der Waals surface area contributed by atoms with Gasteiger partial charge in [-0.1, -0.05) is 24.3 Å². The molecule has 0 radical (unpaired) electrons. The summed E-state index contributed by atoms with van der Waals surface area (Å²) in [5.41, 5.74) is 1.90. The summed E-state index contributed by atoms with van der Waals surface area (Å²) in [4.78, 5) is 2.47. The zero-order valence-electron chi connectivity index (χ0n) is 11.1. The van der Waals surface area contributed by atoms with Crippen molar-refractivity contribution in [2.75, 3.05) is 13.1 Å². The van der Waals surface area contributed by atoms with Crippen molar-refractivity contribution in [3.8, 4) is 0 Å². The van der Waals surface area contributed by atoms with E-state index >= 15 is 0 Å². The van der Waals surface area contributed by atoms with Gasteiger partial charge in [-0.05, 0) is 32.3 Å². The van der Waals surface area contributed by atoms with Crippen LogP contribution in [0.3, 0.4) is 0 Å². The number of ether oxygens (including phenoxy) is 1. The van der Waals surface area contributed by atoms with Crippen molar-refractivity contribution in [2.45, 2.75) is 44.6 Å². The highest BCUT2D eigenvalue weighted by atomic mass is 16.6. The van der Waals surface area contributed by atoms with Crippen LogP contribution in [0.15, 0.2) is 24.3 Å². The summed E-state index contributed by atoms with van der Waals surface area (Å²) in [7, 11) is 0. The minimum atomic E-state index is -0.744. The maximum Gasteiger partial charge on any atom is 0.182 e. The van der Waals surface area contributed by atoms with Gasteiger partial charge in [0.1, 0.15) is 0 Å². The van der Waals surface area contributed by atoms with Crippen LogP contribution in [0.5, 0.6) is 0 Å². The number of nitrogens with zero attached hydrogens (tertiary/aromatic N) is 1. The molecule has 1 atom stereocenters. The van der Waals surface area contributed by atoms with Crippen molar-refractivity contribution in [1.82, 2.24) is 4.90 Å². The van der Waals surface area contributed by atoms with E-state index in [1.807, 2.05) is 18.2 Å². The van der Waals surface area contributed by atoms with E-state index in [0.717, 1.165) is 31.5 Å². The van der Waals surface area contributed by atoms with Crippen LogP contribution in [0.1, 0.15) is 44.1 Å². The molecule has 2 aliphatic heterocycles. The van der Waals surface area contributed by atoms with Crippen molar-refractivity contribution in [1.29, 1.82) is 0 Å². The fourth-order valence-corrected chi connectivity index (χ4v) is 3.26. The molecule has 1 aromatic rings. The number of likely N-dealkylation sites (tertiary alicyclic amines) is 1. The molecule has 1 saturated heterocycles. The maximum absolute atomic E-state index is 10.0. The zero-order chi connectivity index (χ0) is 12.8. The first-order valence-electron chi connectivity index (χ1n) is 6.82. The van der Waals surface area contributed by atoms with E-state index in [9.17, 15) is 5.11 Å². The fourth-order valence-electron chi connectivity index (χ4n) is 3.26. The van der Waals surface area contributed by atoms with Crippen LogP contribution < -0.4 is 0 Å². The average Bonchev–Trinajstić information content (AvgIpc) is 2.64. The Labute approximate surface area is 108 Å². The molecule has 0 amide bonds. The standard InChI is InChI=1S/C15H21NO2/c1-11(2)16-9-7-15(8-10-16)13-6-4-3-5-12(13)14(17)18-15/h3-6,11,14,17H,7-10H2,1-2H3. The van der Waals surface area contributed by atoms with Crippen LogP contribution in [0.4, 0.5) is 0 Å². The zero-order valence-corrected chi connectivity index (χ0v) is 11.1. The van der Waals surface area contributed by atoms with Crippen molar-refractivity contribution in [3.05, 3.63) is 35.4 Å². The van der Waals surface area contributed by atoms with Gasteiger partial charge in [0.15, 0.2) is 6.29 Å². The van der Waals surface area contributed by atoms with Gasteiger partial charge in [0.25, 0.3) is 0 Å². The predicted molar refractivity (Wildman–Crippen MR) is 70.1 cm³/mol. The first-order valence-corrected chi connectivity index (χ1v) is 6.82. The third-order valence-electron chi connectivity index (χ3n) is 4.39. The number of piperidine rings is 1. The highest BCUT2D eigenvalue weighted by Crippen LogP contribution is 2.48. The summed E-state index contributed by atoms with van der Waals surface area (Å²) in [6.07, 6.45) is 1.20. The Kier molecular flexibility index (Phi) is 2.93. The van der Waals surface area contributed by atoms with Crippen LogP contribution >= 0.6 is 0 Å². The SMILES string of the molecule is CC(C)N1CCC2(CC1)OC(O)c1ccccc12. The van der Waals surface area contributed by atoms with Gasteiger partial charge in [0.2, 0.25) is 0 Å². The third-order valence-corrected chi connectivity index (χ3v) is 4.39. The molecule has 3 nitrogen and oxygen atoms in total. The largest absolute Gasteiger partial charge is 0.364 e. The van der Waals surface area contributed by atoms with Crippen LogP contribution in [-0.4, -0.2) is 29.1 Å². The Morgan fingerprint density at radius 1 is 1.28 bits per heavy atom. The van der Waals surface area contributed by atoms with E-state index in [2.05, 4.69) is 24.8 Å². The molecule has 1 aromatic carbocycles. The lowest BCUT2D eigenvalue weighted by molar-refractivity contribution is -0.189. The first-order chi connectivity index (χ1) is 8.62. The monoisotopic (exact) mass is 247 g/mol. The number of hydrogen-bond donors (Lipinski definition) is 1. The van der Waals surface area contributed by atoms with Crippen molar-refractivity contribution < 1.29 is 9.84 Å². The second kappa shape index (κ2) is 4.34. The quantitative estimate of drug-likeness (QED) is 0.827. The molecule has 98 valence electrons. The van der Waals surface area contributed by atoms with Crippen molar-refractivity contribution in [2.24, 2.45) is 0 Å². The van der Waals surface area contributed by atoms with Gasteiger partial charge in [-0.2, -0.15) is 0 Å². The van der Waals surface area contributed by atoms with Crippen molar-refractivity contribution in [3.63, 3.8) is 0 Å². The summed E-state index contributed by atoms with van der Waals surface area (Å²) >= 11 is 0.